The minimum Gasteiger partial charge on any atom is -0.493 e. The van der Waals surface area contributed by atoms with Crippen LogP contribution >= 0.6 is 0 Å². The van der Waals surface area contributed by atoms with Gasteiger partial charge in [0.15, 0.2) is 11.5 Å². The highest BCUT2D eigenvalue weighted by atomic mass is 16.6. The van der Waals surface area contributed by atoms with Crippen LogP contribution in [0.15, 0.2) is 48.3 Å². The Morgan fingerprint density at radius 2 is 1.90 bits per heavy atom. The Bertz CT molecular complexity index is 1010. The predicted octanol–water partition coefficient (Wildman–Crippen LogP) is 3.91. The molecule has 1 aromatic heterocycles. The van der Waals surface area contributed by atoms with Crippen molar-refractivity contribution in [3.8, 4) is 17.6 Å². The van der Waals surface area contributed by atoms with Gasteiger partial charge in [0.1, 0.15) is 11.6 Å². The maximum absolute atomic E-state index is 12.6. The number of rotatable bonds is 6. The number of benzene rings is 1. The van der Waals surface area contributed by atoms with Gasteiger partial charge in [-0.3, -0.25) is 9.78 Å². The van der Waals surface area contributed by atoms with Crippen molar-refractivity contribution in [1.82, 2.24) is 10.3 Å². The molecule has 1 amide bonds. The summed E-state index contributed by atoms with van der Waals surface area (Å²) in [7, 11) is 1.45. The Hall–Kier alpha value is -3.66. The number of aromatic nitrogens is 1. The smallest absolute Gasteiger partial charge is 0.343 e. The zero-order valence-corrected chi connectivity index (χ0v) is 17.6. The Kier molecular flexibility index (Phi) is 7.39. The Labute approximate surface area is 181 Å². The fourth-order valence-electron chi connectivity index (χ4n) is 3.60. The van der Waals surface area contributed by atoms with E-state index in [0.717, 1.165) is 19.3 Å². The summed E-state index contributed by atoms with van der Waals surface area (Å²) >= 11 is 0. The van der Waals surface area contributed by atoms with Crippen molar-refractivity contribution in [3.63, 3.8) is 0 Å². The van der Waals surface area contributed by atoms with Crippen LogP contribution in [0.4, 0.5) is 0 Å². The molecular formula is C24H25N3O4. The second-order valence-electron chi connectivity index (χ2n) is 7.55. The van der Waals surface area contributed by atoms with E-state index in [1.807, 2.05) is 6.07 Å². The van der Waals surface area contributed by atoms with Gasteiger partial charge < -0.3 is 14.8 Å². The molecule has 2 atom stereocenters. The van der Waals surface area contributed by atoms with Gasteiger partial charge in [0.2, 0.25) is 0 Å². The molecular weight excluding hydrogens is 394 g/mol. The van der Waals surface area contributed by atoms with Gasteiger partial charge in [-0.05, 0) is 54.7 Å². The molecule has 1 N–H and O–H groups in total. The molecule has 1 aromatic carbocycles. The van der Waals surface area contributed by atoms with Gasteiger partial charge in [-0.2, -0.15) is 5.26 Å². The molecule has 0 aliphatic heterocycles. The summed E-state index contributed by atoms with van der Waals surface area (Å²) in [5.41, 5.74) is 0.965. The summed E-state index contributed by atoms with van der Waals surface area (Å²) in [6.07, 6.45) is 8.77. The van der Waals surface area contributed by atoms with E-state index in [0.29, 0.717) is 22.8 Å². The standard InChI is InChI=1S/C24H25N3O4/c1-16-5-3-4-6-20(16)27-23(28)19(15-25)13-17-7-8-21(22(14-17)30-2)31-24(29)18-9-11-26-12-10-18/h7-14,16,20H,3-6H2,1-2H3,(H,27,28)/b19-13+/t16-,20-/m0/s1. The van der Waals surface area contributed by atoms with E-state index in [1.165, 1.54) is 32.0 Å². The van der Waals surface area contributed by atoms with E-state index in [9.17, 15) is 14.9 Å². The van der Waals surface area contributed by atoms with Crippen molar-refractivity contribution in [2.45, 2.75) is 38.6 Å². The molecule has 1 fully saturated rings. The molecule has 160 valence electrons. The zero-order chi connectivity index (χ0) is 22.2. The first-order valence-electron chi connectivity index (χ1n) is 10.2. The van der Waals surface area contributed by atoms with Crippen molar-refractivity contribution in [2.75, 3.05) is 7.11 Å². The topological polar surface area (TPSA) is 101 Å². The minimum atomic E-state index is -0.539. The van der Waals surface area contributed by atoms with Crippen LogP contribution < -0.4 is 14.8 Å². The molecule has 1 heterocycles. The molecule has 7 nitrogen and oxygen atoms in total. The molecule has 2 aromatic rings. The maximum Gasteiger partial charge on any atom is 0.343 e. The molecule has 0 bridgehead atoms. The van der Waals surface area contributed by atoms with Gasteiger partial charge in [-0.1, -0.05) is 25.8 Å². The van der Waals surface area contributed by atoms with Crippen molar-refractivity contribution in [1.29, 1.82) is 5.26 Å². The largest absolute Gasteiger partial charge is 0.493 e. The van der Waals surface area contributed by atoms with E-state index in [2.05, 4.69) is 17.2 Å². The lowest BCUT2D eigenvalue weighted by molar-refractivity contribution is -0.118. The SMILES string of the molecule is COc1cc(/C=C(\C#N)C(=O)N[C@H]2CCCC[C@@H]2C)ccc1OC(=O)c1ccncc1. The molecule has 0 radical (unpaired) electrons. The number of nitrogens with zero attached hydrogens (tertiary/aromatic N) is 2. The first-order valence-corrected chi connectivity index (χ1v) is 10.2. The predicted molar refractivity (Wildman–Crippen MR) is 115 cm³/mol. The summed E-state index contributed by atoms with van der Waals surface area (Å²) in [6.45, 7) is 2.12. The van der Waals surface area contributed by atoms with Crippen LogP contribution in [0.25, 0.3) is 6.08 Å². The number of methoxy groups -OCH3 is 1. The van der Waals surface area contributed by atoms with Crippen LogP contribution in [-0.4, -0.2) is 30.0 Å². The van der Waals surface area contributed by atoms with Crippen LogP contribution in [0.5, 0.6) is 11.5 Å². The van der Waals surface area contributed by atoms with Gasteiger partial charge in [0.25, 0.3) is 5.91 Å². The number of amides is 1. The zero-order valence-electron chi connectivity index (χ0n) is 17.6. The first kappa shape index (κ1) is 22.0. The maximum atomic E-state index is 12.6. The number of hydrogen-bond donors (Lipinski definition) is 1. The van der Waals surface area contributed by atoms with Crippen molar-refractivity contribution in [2.24, 2.45) is 5.92 Å². The lowest BCUT2D eigenvalue weighted by atomic mass is 9.86. The summed E-state index contributed by atoms with van der Waals surface area (Å²) in [5.74, 6) is 0.0263. The van der Waals surface area contributed by atoms with Crippen LogP contribution in [0.2, 0.25) is 0 Å². The molecule has 1 saturated carbocycles. The Balaban J connectivity index is 1.75. The normalized spacial score (nSPS) is 18.5. The number of nitriles is 1. The summed E-state index contributed by atoms with van der Waals surface area (Å²) in [4.78, 5) is 28.8. The highest BCUT2D eigenvalue weighted by molar-refractivity contribution is 6.02. The number of carbonyl (C=O) groups is 2. The number of pyridine rings is 1. The van der Waals surface area contributed by atoms with Gasteiger partial charge in [0, 0.05) is 18.4 Å². The molecule has 3 rings (SSSR count). The number of nitrogens with one attached hydrogen (secondary N) is 1. The number of carbonyl (C=O) groups excluding carboxylic acids is 2. The third kappa shape index (κ3) is 5.70. The lowest BCUT2D eigenvalue weighted by Crippen LogP contribution is -2.41. The second-order valence-corrected chi connectivity index (χ2v) is 7.55. The fraction of sp³-hybridized carbons (Fsp3) is 0.333. The average molecular weight is 419 g/mol. The number of ether oxygens (including phenoxy) is 2. The molecule has 1 aliphatic carbocycles. The molecule has 1 aliphatic rings. The third-order valence-corrected chi connectivity index (χ3v) is 5.41. The molecule has 7 heteroatoms. The minimum absolute atomic E-state index is 0.0151. The summed E-state index contributed by atoms with van der Waals surface area (Å²) in [5, 5.41) is 12.5. The quantitative estimate of drug-likeness (QED) is 0.330. The molecule has 0 unspecified atom stereocenters. The Morgan fingerprint density at radius 3 is 2.58 bits per heavy atom. The second kappa shape index (κ2) is 10.4. The van der Waals surface area contributed by atoms with E-state index in [-0.39, 0.29) is 23.3 Å². The van der Waals surface area contributed by atoms with E-state index in [4.69, 9.17) is 9.47 Å². The lowest BCUT2D eigenvalue weighted by Gasteiger charge is -2.29. The highest BCUT2D eigenvalue weighted by Crippen LogP contribution is 2.30. The first-order chi connectivity index (χ1) is 15.0. The van der Waals surface area contributed by atoms with Gasteiger partial charge in [0.05, 0.1) is 12.7 Å². The summed E-state index contributed by atoms with van der Waals surface area (Å²) < 4.78 is 10.7. The fourth-order valence-corrected chi connectivity index (χ4v) is 3.60. The summed E-state index contributed by atoms with van der Waals surface area (Å²) in [6, 6.07) is 10.0. The van der Waals surface area contributed by atoms with Crippen molar-refractivity contribution >= 4 is 18.0 Å². The van der Waals surface area contributed by atoms with Crippen molar-refractivity contribution < 1.29 is 19.1 Å². The van der Waals surface area contributed by atoms with Crippen molar-refractivity contribution in [3.05, 3.63) is 59.4 Å². The molecule has 31 heavy (non-hydrogen) atoms. The van der Waals surface area contributed by atoms with Crippen LogP contribution in [0.3, 0.4) is 0 Å². The molecule has 0 saturated heterocycles. The molecule has 0 spiro atoms. The monoisotopic (exact) mass is 419 g/mol. The van der Waals surface area contributed by atoms with E-state index >= 15 is 0 Å². The van der Waals surface area contributed by atoms with Gasteiger partial charge in [-0.15, -0.1) is 0 Å². The van der Waals surface area contributed by atoms with Gasteiger partial charge >= 0.3 is 5.97 Å². The van der Waals surface area contributed by atoms with Crippen LogP contribution in [0, 0.1) is 17.2 Å². The van der Waals surface area contributed by atoms with E-state index < -0.39 is 5.97 Å². The number of hydrogen-bond acceptors (Lipinski definition) is 6. The third-order valence-electron chi connectivity index (χ3n) is 5.41. The van der Waals surface area contributed by atoms with Gasteiger partial charge in [-0.25, -0.2) is 4.79 Å². The van der Waals surface area contributed by atoms with Crippen LogP contribution in [-0.2, 0) is 4.79 Å². The Morgan fingerprint density at radius 1 is 1.16 bits per heavy atom. The average Bonchev–Trinajstić information content (AvgIpc) is 2.80. The highest BCUT2D eigenvalue weighted by Gasteiger charge is 2.24. The van der Waals surface area contributed by atoms with E-state index in [1.54, 1.807) is 30.3 Å². The number of esters is 1. The van der Waals surface area contributed by atoms with Crippen LogP contribution in [0.1, 0.15) is 48.5 Å².